The van der Waals surface area contributed by atoms with Crippen LogP contribution in [0.25, 0.3) is 0 Å². The van der Waals surface area contributed by atoms with Crippen molar-refractivity contribution in [1.82, 2.24) is 20.4 Å². The Morgan fingerprint density at radius 1 is 1.80 bits per heavy atom. The average molecular weight is 208 g/mol. The van der Waals surface area contributed by atoms with Gasteiger partial charge in [0.1, 0.15) is 5.69 Å². The van der Waals surface area contributed by atoms with E-state index in [2.05, 4.69) is 15.5 Å². The molecular weight excluding hydrogens is 192 g/mol. The minimum Gasteiger partial charge on any atom is -0.333 e. The van der Waals surface area contributed by atoms with Crippen LogP contribution in [0.4, 0.5) is 0 Å². The summed E-state index contributed by atoms with van der Waals surface area (Å²) in [6, 6.07) is 2.04. The van der Waals surface area contributed by atoms with Crippen LogP contribution in [0.5, 0.6) is 0 Å². The van der Waals surface area contributed by atoms with Crippen LogP contribution in [0.2, 0.25) is 0 Å². The van der Waals surface area contributed by atoms with Crippen LogP contribution in [0.15, 0.2) is 12.3 Å². The van der Waals surface area contributed by atoms with Gasteiger partial charge in [0.15, 0.2) is 0 Å². The van der Waals surface area contributed by atoms with Crippen molar-refractivity contribution in [2.75, 3.05) is 20.1 Å². The number of carbonyl (C=O) groups is 1. The van der Waals surface area contributed by atoms with E-state index in [0.717, 1.165) is 25.9 Å². The molecule has 2 N–H and O–H groups in total. The van der Waals surface area contributed by atoms with Gasteiger partial charge in [0.2, 0.25) is 0 Å². The molecule has 0 aromatic carbocycles. The van der Waals surface area contributed by atoms with E-state index in [0.29, 0.717) is 11.7 Å². The molecular formula is C10H16N4O. The number of H-pyrrole nitrogens is 1. The van der Waals surface area contributed by atoms with Gasteiger partial charge in [-0.05, 0) is 26.0 Å². The first kappa shape index (κ1) is 10.2. The van der Waals surface area contributed by atoms with Crippen LogP contribution in [0.3, 0.4) is 0 Å². The van der Waals surface area contributed by atoms with Crippen molar-refractivity contribution >= 4 is 5.91 Å². The highest BCUT2D eigenvalue weighted by Gasteiger charge is 2.29. The van der Waals surface area contributed by atoms with Crippen LogP contribution in [0, 0.1) is 0 Å². The topological polar surface area (TPSA) is 61.0 Å². The Labute approximate surface area is 88.8 Å². The predicted octanol–water partition coefficient (Wildman–Crippen LogP) is 0.234. The summed E-state index contributed by atoms with van der Waals surface area (Å²) in [6.45, 7) is 1.71. The van der Waals surface area contributed by atoms with Crippen molar-refractivity contribution < 1.29 is 4.79 Å². The highest BCUT2D eigenvalue weighted by atomic mass is 16.2. The Balaban J connectivity index is 2.06. The molecule has 1 amide bonds. The monoisotopic (exact) mass is 208 g/mol. The maximum atomic E-state index is 12.0. The van der Waals surface area contributed by atoms with Crippen LogP contribution < -0.4 is 5.32 Å². The van der Waals surface area contributed by atoms with Crippen LogP contribution >= 0.6 is 0 Å². The van der Waals surface area contributed by atoms with Crippen molar-refractivity contribution in [3.63, 3.8) is 0 Å². The molecule has 5 nitrogen and oxygen atoms in total. The molecule has 1 aliphatic heterocycles. The fourth-order valence-electron chi connectivity index (χ4n) is 2.08. The molecule has 1 aromatic rings. The Hall–Kier alpha value is -1.36. The van der Waals surface area contributed by atoms with Crippen LogP contribution in [0.1, 0.15) is 23.3 Å². The Bertz CT molecular complexity index is 322. The van der Waals surface area contributed by atoms with Gasteiger partial charge in [0.25, 0.3) is 5.91 Å². The lowest BCUT2D eigenvalue weighted by atomic mass is 10.2. The molecule has 1 aromatic heterocycles. The van der Waals surface area contributed by atoms with Gasteiger partial charge >= 0.3 is 0 Å². The first-order valence-electron chi connectivity index (χ1n) is 5.28. The van der Waals surface area contributed by atoms with Crippen LogP contribution in [-0.4, -0.2) is 47.2 Å². The van der Waals surface area contributed by atoms with Crippen molar-refractivity contribution in [3.05, 3.63) is 18.0 Å². The van der Waals surface area contributed by atoms with E-state index >= 15 is 0 Å². The molecule has 2 rings (SSSR count). The van der Waals surface area contributed by atoms with E-state index in [-0.39, 0.29) is 5.91 Å². The SMILES string of the molecule is CNCC1CCCN1C(=O)c1ccn[nH]1. The molecule has 15 heavy (non-hydrogen) atoms. The maximum absolute atomic E-state index is 12.0. The fourth-order valence-corrected chi connectivity index (χ4v) is 2.08. The second-order valence-electron chi connectivity index (χ2n) is 3.82. The van der Waals surface area contributed by atoms with Gasteiger partial charge in [-0.25, -0.2) is 0 Å². The van der Waals surface area contributed by atoms with Crippen LogP contribution in [-0.2, 0) is 0 Å². The van der Waals surface area contributed by atoms with Gasteiger partial charge in [-0.2, -0.15) is 5.10 Å². The Kier molecular flexibility index (Phi) is 3.01. The number of carbonyl (C=O) groups excluding carboxylic acids is 1. The largest absolute Gasteiger partial charge is 0.333 e. The number of likely N-dealkylation sites (N-methyl/N-ethyl adjacent to an activating group) is 1. The molecule has 5 heteroatoms. The minimum absolute atomic E-state index is 0.0604. The summed E-state index contributed by atoms with van der Waals surface area (Å²) in [6.07, 6.45) is 3.78. The molecule has 0 radical (unpaired) electrons. The van der Waals surface area contributed by atoms with Gasteiger partial charge in [-0.1, -0.05) is 0 Å². The lowest BCUT2D eigenvalue weighted by molar-refractivity contribution is 0.0731. The maximum Gasteiger partial charge on any atom is 0.272 e. The molecule has 0 bridgehead atoms. The number of hydrogen-bond acceptors (Lipinski definition) is 3. The quantitative estimate of drug-likeness (QED) is 0.747. The molecule has 2 heterocycles. The van der Waals surface area contributed by atoms with E-state index in [9.17, 15) is 4.79 Å². The highest BCUT2D eigenvalue weighted by Crippen LogP contribution is 2.18. The highest BCUT2D eigenvalue weighted by molar-refractivity contribution is 5.92. The summed E-state index contributed by atoms with van der Waals surface area (Å²) in [5, 5.41) is 9.63. The zero-order valence-electron chi connectivity index (χ0n) is 8.86. The van der Waals surface area contributed by atoms with Crippen molar-refractivity contribution in [2.24, 2.45) is 0 Å². The molecule has 1 unspecified atom stereocenters. The smallest absolute Gasteiger partial charge is 0.272 e. The third-order valence-corrected chi connectivity index (χ3v) is 2.81. The third kappa shape index (κ3) is 2.02. The van der Waals surface area contributed by atoms with E-state index < -0.39 is 0 Å². The molecule has 82 valence electrons. The number of nitrogens with one attached hydrogen (secondary N) is 2. The summed E-state index contributed by atoms with van der Waals surface area (Å²) < 4.78 is 0. The van der Waals surface area contributed by atoms with E-state index in [4.69, 9.17) is 0 Å². The molecule has 1 aliphatic rings. The summed E-state index contributed by atoms with van der Waals surface area (Å²) in [5.74, 6) is 0.0604. The number of aromatic nitrogens is 2. The Morgan fingerprint density at radius 2 is 2.67 bits per heavy atom. The average Bonchev–Trinajstić information content (AvgIpc) is 2.87. The van der Waals surface area contributed by atoms with E-state index in [1.165, 1.54) is 0 Å². The second-order valence-corrected chi connectivity index (χ2v) is 3.82. The van der Waals surface area contributed by atoms with Gasteiger partial charge in [-0.15, -0.1) is 0 Å². The van der Waals surface area contributed by atoms with Crippen molar-refractivity contribution in [2.45, 2.75) is 18.9 Å². The fraction of sp³-hybridized carbons (Fsp3) is 0.600. The number of nitrogens with zero attached hydrogens (tertiary/aromatic N) is 2. The lowest BCUT2D eigenvalue weighted by Gasteiger charge is -2.23. The number of likely N-dealkylation sites (tertiary alicyclic amines) is 1. The normalized spacial score (nSPS) is 20.9. The zero-order valence-corrected chi connectivity index (χ0v) is 8.86. The van der Waals surface area contributed by atoms with Gasteiger partial charge in [0, 0.05) is 25.3 Å². The van der Waals surface area contributed by atoms with Gasteiger partial charge in [-0.3, -0.25) is 9.89 Å². The molecule has 0 aliphatic carbocycles. The third-order valence-electron chi connectivity index (χ3n) is 2.81. The molecule has 0 spiro atoms. The summed E-state index contributed by atoms with van der Waals surface area (Å²) in [4.78, 5) is 13.9. The van der Waals surface area contributed by atoms with E-state index in [1.54, 1.807) is 12.3 Å². The number of amides is 1. The first-order chi connectivity index (χ1) is 7.33. The minimum atomic E-state index is 0.0604. The Morgan fingerprint density at radius 3 is 3.33 bits per heavy atom. The van der Waals surface area contributed by atoms with Gasteiger partial charge < -0.3 is 10.2 Å². The summed E-state index contributed by atoms with van der Waals surface area (Å²) >= 11 is 0. The molecule has 1 atom stereocenters. The zero-order chi connectivity index (χ0) is 10.7. The predicted molar refractivity (Wildman–Crippen MR) is 56.6 cm³/mol. The van der Waals surface area contributed by atoms with Crippen molar-refractivity contribution in [3.8, 4) is 0 Å². The lowest BCUT2D eigenvalue weighted by Crippen LogP contribution is -2.40. The number of rotatable bonds is 3. The first-order valence-corrected chi connectivity index (χ1v) is 5.28. The van der Waals surface area contributed by atoms with Crippen molar-refractivity contribution in [1.29, 1.82) is 0 Å². The molecule has 1 saturated heterocycles. The summed E-state index contributed by atoms with van der Waals surface area (Å²) in [7, 11) is 1.91. The number of aromatic amines is 1. The second kappa shape index (κ2) is 4.44. The van der Waals surface area contributed by atoms with Gasteiger partial charge in [0.05, 0.1) is 0 Å². The summed E-state index contributed by atoms with van der Waals surface area (Å²) in [5.41, 5.74) is 0.581. The molecule has 0 saturated carbocycles. The molecule has 1 fully saturated rings. The number of hydrogen-bond donors (Lipinski definition) is 2. The van der Waals surface area contributed by atoms with E-state index in [1.807, 2.05) is 11.9 Å². The standard InChI is InChI=1S/C10H16N4O/c1-11-7-8-3-2-6-14(8)10(15)9-4-5-12-13-9/h4-5,8,11H,2-3,6-7H2,1H3,(H,12,13).